The molecule has 1 aliphatic rings. The number of likely N-dealkylation sites (N-methyl/N-ethyl adjacent to an activating group) is 1. The SMILES string of the molecule is C=CC(=O)Nc1ccc(C(=O)Nc2cccc(C(=O)Nc3n[nH]c4c3CN(C(=O)N[C@H](CN(C)C)c3ccccc3)C4(C)C)c2)cc1. The van der Waals surface area contributed by atoms with E-state index < -0.39 is 11.4 Å². The van der Waals surface area contributed by atoms with Crippen LogP contribution in [0, 0.1) is 0 Å². The van der Waals surface area contributed by atoms with Crippen molar-refractivity contribution in [1.82, 2.24) is 25.3 Å². The predicted octanol–water partition coefficient (Wildman–Crippen LogP) is 5.10. The molecule has 0 saturated heterocycles. The molecule has 12 nitrogen and oxygen atoms in total. The van der Waals surface area contributed by atoms with Crippen LogP contribution in [0.4, 0.5) is 22.0 Å². The van der Waals surface area contributed by atoms with Crippen molar-refractivity contribution in [3.05, 3.63) is 119 Å². The summed E-state index contributed by atoms with van der Waals surface area (Å²) in [5.41, 5.74) is 3.39. The van der Waals surface area contributed by atoms with Gasteiger partial charge in [0.15, 0.2) is 5.82 Å². The molecule has 0 bridgehead atoms. The first-order chi connectivity index (χ1) is 22.5. The molecule has 4 aromatic rings. The van der Waals surface area contributed by atoms with Crippen LogP contribution in [0.25, 0.3) is 0 Å². The van der Waals surface area contributed by atoms with Crippen LogP contribution >= 0.6 is 0 Å². The molecular weight excluding hydrogens is 596 g/mol. The van der Waals surface area contributed by atoms with E-state index in [2.05, 4.69) is 38.0 Å². The van der Waals surface area contributed by atoms with Gasteiger partial charge in [0.05, 0.1) is 23.8 Å². The van der Waals surface area contributed by atoms with E-state index in [9.17, 15) is 19.2 Å². The first-order valence-corrected chi connectivity index (χ1v) is 15.1. The maximum absolute atomic E-state index is 13.7. The number of hydrogen-bond donors (Lipinski definition) is 5. The normalized spacial score (nSPS) is 13.8. The van der Waals surface area contributed by atoms with E-state index in [1.54, 1.807) is 53.4 Å². The smallest absolute Gasteiger partial charge is 0.319 e. The van der Waals surface area contributed by atoms with Crippen LogP contribution < -0.4 is 21.3 Å². The Hall–Kier alpha value is -5.75. The van der Waals surface area contributed by atoms with Crippen molar-refractivity contribution in [2.24, 2.45) is 0 Å². The quantitative estimate of drug-likeness (QED) is 0.153. The molecule has 3 aromatic carbocycles. The Morgan fingerprint density at radius 2 is 1.62 bits per heavy atom. The van der Waals surface area contributed by atoms with Gasteiger partial charge in [-0.25, -0.2) is 4.79 Å². The first-order valence-electron chi connectivity index (χ1n) is 15.1. The van der Waals surface area contributed by atoms with Crippen LogP contribution in [0.3, 0.4) is 0 Å². The third-order valence-electron chi connectivity index (χ3n) is 7.98. The number of anilines is 3. The molecule has 1 aliphatic heterocycles. The molecule has 0 fully saturated rings. The second-order valence-corrected chi connectivity index (χ2v) is 12.0. The number of carbonyl (C=O) groups is 4. The van der Waals surface area contributed by atoms with E-state index in [0.29, 0.717) is 34.9 Å². The zero-order chi connectivity index (χ0) is 33.7. The van der Waals surface area contributed by atoms with Gasteiger partial charge in [-0.15, -0.1) is 0 Å². The minimum atomic E-state index is -0.714. The lowest BCUT2D eigenvalue weighted by Gasteiger charge is -2.34. The second kappa shape index (κ2) is 13.7. The summed E-state index contributed by atoms with van der Waals surface area (Å²) in [5.74, 6) is -0.820. The monoisotopic (exact) mass is 634 g/mol. The van der Waals surface area contributed by atoms with Crippen LogP contribution in [-0.4, -0.2) is 64.4 Å². The number of urea groups is 1. The first kappa shape index (κ1) is 32.6. The number of H-pyrrole nitrogens is 1. The maximum Gasteiger partial charge on any atom is 0.319 e. The predicted molar refractivity (Wildman–Crippen MR) is 181 cm³/mol. The molecule has 5 rings (SSSR count). The van der Waals surface area contributed by atoms with Gasteiger partial charge in [-0.05, 0) is 82.0 Å². The van der Waals surface area contributed by atoms with Crippen molar-refractivity contribution >= 4 is 40.9 Å². The third-order valence-corrected chi connectivity index (χ3v) is 7.98. The van der Waals surface area contributed by atoms with E-state index in [4.69, 9.17) is 0 Å². The minimum Gasteiger partial charge on any atom is -0.330 e. The molecule has 0 spiro atoms. The number of nitrogens with zero attached hydrogens (tertiary/aromatic N) is 3. The number of rotatable bonds is 10. The molecule has 0 saturated carbocycles. The molecule has 1 aromatic heterocycles. The lowest BCUT2D eigenvalue weighted by atomic mass is 10.0. The Kier molecular flexibility index (Phi) is 9.52. The summed E-state index contributed by atoms with van der Waals surface area (Å²) in [6, 6.07) is 22.3. The van der Waals surface area contributed by atoms with Gasteiger partial charge < -0.3 is 31.1 Å². The average Bonchev–Trinajstić information content (AvgIpc) is 3.58. The summed E-state index contributed by atoms with van der Waals surface area (Å²) < 4.78 is 0. The van der Waals surface area contributed by atoms with Gasteiger partial charge in [-0.1, -0.05) is 43.0 Å². The van der Waals surface area contributed by atoms with Crippen LogP contribution in [0.15, 0.2) is 91.5 Å². The zero-order valence-corrected chi connectivity index (χ0v) is 26.8. The van der Waals surface area contributed by atoms with Gasteiger partial charge >= 0.3 is 6.03 Å². The van der Waals surface area contributed by atoms with Gasteiger partial charge in [-0.2, -0.15) is 5.10 Å². The zero-order valence-electron chi connectivity index (χ0n) is 26.8. The van der Waals surface area contributed by atoms with E-state index in [1.807, 2.05) is 63.2 Å². The summed E-state index contributed by atoms with van der Waals surface area (Å²) in [7, 11) is 3.93. The molecule has 47 heavy (non-hydrogen) atoms. The summed E-state index contributed by atoms with van der Waals surface area (Å²) in [6.45, 7) is 8.15. The fraction of sp³-hybridized carbons (Fsp3) is 0.229. The fourth-order valence-corrected chi connectivity index (χ4v) is 5.48. The highest BCUT2D eigenvalue weighted by Crippen LogP contribution is 2.40. The molecular formula is C35H38N8O4. The van der Waals surface area contributed by atoms with E-state index in [-0.39, 0.29) is 30.4 Å². The van der Waals surface area contributed by atoms with E-state index in [0.717, 1.165) is 22.9 Å². The largest absolute Gasteiger partial charge is 0.330 e. The Balaban J connectivity index is 1.25. The van der Waals surface area contributed by atoms with Crippen LogP contribution in [0.1, 0.15) is 57.4 Å². The van der Waals surface area contributed by atoms with Gasteiger partial charge in [-0.3, -0.25) is 19.5 Å². The summed E-state index contributed by atoms with van der Waals surface area (Å²) in [5, 5.41) is 18.9. The number of fused-ring (bicyclic) bond motifs is 1. The molecule has 12 heteroatoms. The number of aromatic nitrogens is 2. The lowest BCUT2D eigenvalue weighted by Crippen LogP contribution is -2.48. The average molecular weight is 635 g/mol. The van der Waals surface area contributed by atoms with E-state index >= 15 is 0 Å². The van der Waals surface area contributed by atoms with E-state index in [1.165, 1.54) is 0 Å². The highest BCUT2D eigenvalue weighted by atomic mass is 16.2. The van der Waals surface area contributed by atoms with Crippen molar-refractivity contribution in [1.29, 1.82) is 0 Å². The van der Waals surface area contributed by atoms with Crippen molar-refractivity contribution in [2.75, 3.05) is 36.6 Å². The molecule has 0 radical (unpaired) electrons. The van der Waals surface area contributed by atoms with Gasteiger partial charge in [0, 0.05) is 34.6 Å². The van der Waals surface area contributed by atoms with Crippen molar-refractivity contribution in [3.8, 4) is 0 Å². The minimum absolute atomic E-state index is 0.220. The summed E-state index contributed by atoms with van der Waals surface area (Å²) >= 11 is 0. The number of hydrogen-bond acceptors (Lipinski definition) is 6. The van der Waals surface area contributed by atoms with Crippen molar-refractivity contribution in [2.45, 2.75) is 32.0 Å². The molecule has 242 valence electrons. The highest BCUT2D eigenvalue weighted by molar-refractivity contribution is 6.07. The highest BCUT2D eigenvalue weighted by Gasteiger charge is 2.44. The second-order valence-electron chi connectivity index (χ2n) is 12.0. The number of amides is 5. The number of aromatic amines is 1. The molecule has 5 N–H and O–H groups in total. The van der Waals surface area contributed by atoms with Gasteiger partial charge in [0.1, 0.15) is 0 Å². The Labute approximate surface area is 273 Å². The van der Waals surface area contributed by atoms with Crippen LogP contribution in [0.2, 0.25) is 0 Å². The Bertz CT molecular complexity index is 1800. The van der Waals surface area contributed by atoms with Crippen LogP contribution in [-0.2, 0) is 16.9 Å². The topological polar surface area (TPSA) is 152 Å². The third kappa shape index (κ3) is 7.39. The molecule has 5 amide bonds. The molecule has 0 unspecified atom stereocenters. The van der Waals surface area contributed by atoms with Crippen LogP contribution in [0.5, 0.6) is 0 Å². The maximum atomic E-state index is 13.7. The Morgan fingerprint density at radius 1 is 0.915 bits per heavy atom. The Morgan fingerprint density at radius 3 is 2.30 bits per heavy atom. The lowest BCUT2D eigenvalue weighted by molar-refractivity contribution is -0.111. The molecule has 2 heterocycles. The number of nitrogens with one attached hydrogen (secondary N) is 5. The van der Waals surface area contributed by atoms with Gasteiger partial charge in [0.2, 0.25) is 5.91 Å². The molecule has 1 atom stereocenters. The fourth-order valence-electron chi connectivity index (χ4n) is 5.48. The van der Waals surface area contributed by atoms with Gasteiger partial charge in [0.25, 0.3) is 11.8 Å². The van der Waals surface area contributed by atoms with Crippen molar-refractivity contribution < 1.29 is 19.2 Å². The summed E-state index contributed by atoms with van der Waals surface area (Å²) in [6.07, 6.45) is 1.16. The molecule has 0 aliphatic carbocycles. The van der Waals surface area contributed by atoms with Crippen molar-refractivity contribution in [3.63, 3.8) is 0 Å². The number of benzene rings is 3. The number of carbonyl (C=O) groups excluding carboxylic acids is 4. The summed E-state index contributed by atoms with van der Waals surface area (Å²) in [4.78, 5) is 55.1. The standard InChI is InChI=1S/C35H38N8O4/c1-6-29(44)36-25-17-15-23(16-18-25)32(45)37-26-14-10-13-24(19-26)33(46)39-31-27-20-43(35(2,3)30(27)40-41-31)34(47)38-28(21-42(4)5)22-11-8-7-9-12-22/h6-19,28H,1,20-21H2,2-5H3,(H,36,44)(H,37,45)(H,38,47)(H2,39,40,41,46)/t28-/m1/s1.